The van der Waals surface area contributed by atoms with Crippen LogP contribution in [0.5, 0.6) is 0 Å². The van der Waals surface area contributed by atoms with Gasteiger partial charge in [-0.1, -0.05) is 85.1 Å². The number of likely N-dealkylation sites (tertiary alicyclic amines) is 1. The first-order chi connectivity index (χ1) is 23.7. The maximum atomic E-state index is 15.4. The second-order valence-corrected chi connectivity index (χ2v) is 13.8. The SMILES string of the molecule is CC(C)C[C@@](CCCCN)(C(=O)N(C(=O)[C@@H]1CCCN1C(=O)c1ccccc1)c1ccccc1)N(C[PH+]=O)C(=O)CCCc1ccccc1. The van der Waals surface area contributed by atoms with Crippen molar-refractivity contribution in [1.82, 2.24) is 9.80 Å². The summed E-state index contributed by atoms with van der Waals surface area (Å²) in [5, 5.41) is 0. The van der Waals surface area contributed by atoms with Crippen molar-refractivity contribution in [1.29, 1.82) is 0 Å². The summed E-state index contributed by atoms with van der Waals surface area (Å²) in [5.74, 6) is -1.64. The van der Waals surface area contributed by atoms with Gasteiger partial charge in [0.15, 0.2) is 0 Å². The molecule has 1 saturated heterocycles. The van der Waals surface area contributed by atoms with Crippen LogP contribution < -0.4 is 10.6 Å². The van der Waals surface area contributed by atoms with Gasteiger partial charge in [0, 0.05) is 18.5 Å². The second-order valence-electron chi connectivity index (χ2n) is 13.2. The predicted octanol–water partition coefficient (Wildman–Crippen LogP) is 6.60. The number of amides is 4. The molecule has 0 aromatic heterocycles. The maximum absolute atomic E-state index is 15.4. The van der Waals surface area contributed by atoms with Crippen molar-refractivity contribution >= 4 is 37.8 Å². The summed E-state index contributed by atoms with van der Waals surface area (Å²) >= 11 is 0. The molecule has 10 heteroatoms. The van der Waals surface area contributed by atoms with Crippen LogP contribution in [-0.2, 0) is 25.4 Å². The fourth-order valence-corrected chi connectivity index (χ4v) is 7.56. The van der Waals surface area contributed by atoms with Crippen molar-refractivity contribution in [3.63, 3.8) is 0 Å². The minimum absolute atomic E-state index is 0.0493. The lowest BCUT2D eigenvalue weighted by molar-refractivity contribution is -0.149. The fraction of sp³-hybridized carbons (Fsp3) is 0.436. The van der Waals surface area contributed by atoms with E-state index in [0.29, 0.717) is 62.9 Å². The molecule has 1 unspecified atom stereocenters. The van der Waals surface area contributed by atoms with Gasteiger partial charge in [-0.05, 0) is 93.7 Å². The molecule has 3 aromatic rings. The molecule has 1 aliphatic heterocycles. The van der Waals surface area contributed by atoms with Crippen LogP contribution >= 0.6 is 8.46 Å². The molecule has 0 aliphatic carbocycles. The first-order valence-electron chi connectivity index (χ1n) is 17.4. The number of carbonyl (C=O) groups excluding carboxylic acids is 4. The number of aryl methyl sites for hydroxylation is 1. The van der Waals surface area contributed by atoms with Crippen LogP contribution in [0.1, 0.15) is 81.1 Å². The van der Waals surface area contributed by atoms with Gasteiger partial charge in [0.25, 0.3) is 17.7 Å². The Balaban J connectivity index is 1.77. The van der Waals surface area contributed by atoms with Gasteiger partial charge in [-0.2, -0.15) is 0 Å². The van der Waals surface area contributed by atoms with Gasteiger partial charge in [-0.15, -0.1) is 0 Å². The molecule has 4 rings (SSSR count). The first-order valence-corrected chi connectivity index (χ1v) is 18.5. The Hall–Kier alpha value is -4.20. The highest BCUT2D eigenvalue weighted by atomic mass is 31.1. The number of nitrogens with two attached hydrogens (primary N) is 1. The van der Waals surface area contributed by atoms with Crippen LogP contribution in [0.25, 0.3) is 0 Å². The predicted molar refractivity (Wildman–Crippen MR) is 195 cm³/mol. The smallest absolute Gasteiger partial charge is 0.330 e. The van der Waals surface area contributed by atoms with Crippen molar-refractivity contribution < 1.29 is 23.7 Å². The Kier molecular flexibility index (Phi) is 14.2. The number of para-hydroxylation sites is 1. The average molecular weight is 686 g/mol. The number of hydrogen-bond donors (Lipinski definition) is 1. The van der Waals surface area contributed by atoms with Crippen LogP contribution in [0.4, 0.5) is 5.69 Å². The van der Waals surface area contributed by atoms with E-state index in [-0.39, 0.29) is 43.3 Å². The van der Waals surface area contributed by atoms with E-state index in [1.807, 2.05) is 50.2 Å². The molecule has 0 spiro atoms. The number of carbonyl (C=O) groups is 4. The van der Waals surface area contributed by atoms with Crippen LogP contribution in [0.15, 0.2) is 91.0 Å². The minimum atomic E-state index is -1.47. The highest BCUT2D eigenvalue weighted by molar-refractivity contribution is 7.23. The van der Waals surface area contributed by atoms with E-state index in [9.17, 15) is 18.9 Å². The van der Waals surface area contributed by atoms with Gasteiger partial charge in [0.05, 0.1) is 5.69 Å². The molecule has 2 N–H and O–H groups in total. The normalized spacial score (nSPS) is 15.6. The van der Waals surface area contributed by atoms with E-state index in [1.54, 1.807) is 59.5 Å². The molecular weight excluding hydrogens is 635 g/mol. The number of anilines is 1. The third kappa shape index (κ3) is 9.49. The van der Waals surface area contributed by atoms with Gasteiger partial charge in [-0.3, -0.25) is 24.1 Å². The Bertz CT molecular complexity index is 1540. The van der Waals surface area contributed by atoms with Crippen LogP contribution in [0.3, 0.4) is 0 Å². The zero-order valence-corrected chi connectivity index (χ0v) is 29.8. The Morgan fingerprint density at radius 1 is 0.898 bits per heavy atom. The van der Waals surface area contributed by atoms with E-state index in [1.165, 1.54) is 9.80 Å². The summed E-state index contributed by atoms with van der Waals surface area (Å²) in [6.07, 6.45) is 3.94. The van der Waals surface area contributed by atoms with Crippen LogP contribution in [0.2, 0.25) is 0 Å². The number of benzene rings is 3. The summed E-state index contributed by atoms with van der Waals surface area (Å²) in [5.41, 5.74) is 6.38. The molecule has 3 aromatic carbocycles. The van der Waals surface area contributed by atoms with Gasteiger partial charge < -0.3 is 10.6 Å². The molecule has 0 saturated carbocycles. The van der Waals surface area contributed by atoms with E-state index in [4.69, 9.17) is 5.73 Å². The zero-order valence-electron chi connectivity index (χ0n) is 28.8. The molecule has 1 aliphatic rings. The van der Waals surface area contributed by atoms with Crippen molar-refractivity contribution in [2.75, 3.05) is 24.3 Å². The van der Waals surface area contributed by atoms with Crippen LogP contribution in [0, 0.1) is 5.92 Å². The van der Waals surface area contributed by atoms with Gasteiger partial charge >= 0.3 is 8.46 Å². The van der Waals surface area contributed by atoms with Crippen molar-refractivity contribution in [2.24, 2.45) is 11.7 Å². The number of nitrogens with zero attached hydrogens (tertiary/aromatic N) is 3. The number of imide groups is 1. The highest BCUT2D eigenvalue weighted by Crippen LogP contribution is 2.37. The highest BCUT2D eigenvalue weighted by Gasteiger charge is 2.52. The van der Waals surface area contributed by atoms with Crippen molar-refractivity contribution in [3.8, 4) is 0 Å². The summed E-state index contributed by atoms with van der Waals surface area (Å²) < 4.78 is 12.4. The lowest BCUT2D eigenvalue weighted by Gasteiger charge is -2.44. The lowest BCUT2D eigenvalue weighted by atomic mass is 9.80. The van der Waals surface area contributed by atoms with E-state index in [0.717, 1.165) is 5.56 Å². The average Bonchev–Trinajstić information content (AvgIpc) is 3.61. The molecule has 49 heavy (non-hydrogen) atoms. The summed E-state index contributed by atoms with van der Waals surface area (Å²) in [6.45, 7) is 4.75. The third-order valence-electron chi connectivity index (χ3n) is 9.19. The third-order valence-corrected chi connectivity index (χ3v) is 9.63. The van der Waals surface area contributed by atoms with E-state index < -0.39 is 31.9 Å². The maximum Gasteiger partial charge on any atom is 0.346 e. The number of unbranched alkanes of at least 4 members (excludes halogenated alkanes) is 1. The summed E-state index contributed by atoms with van der Waals surface area (Å²) in [4.78, 5) is 62.4. The van der Waals surface area contributed by atoms with Gasteiger partial charge in [-0.25, -0.2) is 4.90 Å². The molecule has 3 atom stereocenters. The van der Waals surface area contributed by atoms with Gasteiger partial charge in [0.1, 0.15) is 11.6 Å². The monoisotopic (exact) mass is 685 g/mol. The summed E-state index contributed by atoms with van der Waals surface area (Å²) in [7, 11) is -0.865. The molecule has 9 nitrogen and oxygen atoms in total. The quantitative estimate of drug-likeness (QED) is 0.126. The number of hydrogen-bond acceptors (Lipinski definition) is 6. The molecule has 4 amide bonds. The zero-order chi connectivity index (χ0) is 35.2. The Morgan fingerprint density at radius 3 is 2.14 bits per heavy atom. The van der Waals surface area contributed by atoms with Crippen molar-refractivity contribution in [2.45, 2.75) is 83.2 Å². The van der Waals surface area contributed by atoms with E-state index >= 15 is 4.79 Å². The van der Waals surface area contributed by atoms with Crippen molar-refractivity contribution in [3.05, 3.63) is 102 Å². The molecule has 1 fully saturated rings. The summed E-state index contributed by atoms with van der Waals surface area (Å²) in [6, 6.07) is 26.6. The molecule has 0 bridgehead atoms. The Morgan fingerprint density at radius 2 is 1.53 bits per heavy atom. The largest absolute Gasteiger partial charge is 0.346 e. The van der Waals surface area contributed by atoms with Gasteiger partial charge in [0.2, 0.25) is 12.2 Å². The first kappa shape index (κ1) is 37.6. The molecule has 260 valence electrons. The number of rotatable bonds is 17. The fourth-order valence-electron chi connectivity index (χ4n) is 6.95. The topological polar surface area (TPSA) is 121 Å². The molecule has 0 radical (unpaired) electrons. The lowest BCUT2D eigenvalue weighted by Crippen LogP contribution is -2.64. The minimum Gasteiger partial charge on any atom is -0.330 e. The standard InChI is InChI=1S/C39H49N4O5P/c1-30(2)28-39(25-12-13-26-40,42(29-49-48)35(44)24-14-18-31-16-6-3-7-17-31)38(47)43(33-21-10-5-11-22-33)37(46)34-23-15-27-41(34)36(45)32-19-8-4-9-20-32/h3-11,16-17,19-22,30,34H,12-15,18,23-29,40H2,1-2H3/p+1/t34-,39-/m0/s1. The van der Waals surface area contributed by atoms with Crippen LogP contribution in [-0.4, -0.2) is 64.4 Å². The van der Waals surface area contributed by atoms with E-state index in [2.05, 4.69) is 0 Å². The molecular formula is C39H50N4O5P+. The Labute approximate surface area is 292 Å². The molecule has 1 heterocycles. The second kappa shape index (κ2) is 18.5.